The Morgan fingerprint density at radius 1 is 1.34 bits per heavy atom. The Morgan fingerprint density at radius 3 is 2.75 bits per heavy atom. The number of amides is 1. The largest absolute Gasteiger partial charge is 0.495 e. The van der Waals surface area contributed by atoms with Gasteiger partial charge in [0.05, 0.1) is 28.8 Å². The molecule has 32 heavy (non-hydrogen) atoms. The van der Waals surface area contributed by atoms with E-state index in [0.29, 0.717) is 6.61 Å². The summed E-state index contributed by atoms with van der Waals surface area (Å²) in [7, 11) is -3.12. The lowest BCUT2D eigenvalue weighted by Crippen LogP contribution is -2.43. The van der Waals surface area contributed by atoms with Gasteiger partial charge in [0.1, 0.15) is 17.2 Å². The predicted octanol–water partition coefficient (Wildman–Crippen LogP) is 2.75. The molecule has 0 bridgehead atoms. The van der Waals surface area contributed by atoms with Crippen molar-refractivity contribution in [3.8, 4) is 5.75 Å². The Labute approximate surface area is 190 Å². The third kappa shape index (κ3) is 5.29. The molecule has 3 rings (SSSR count). The number of nitrogens with zero attached hydrogens (tertiary/aromatic N) is 2. The van der Waals surface area contributed by atoms with Gasteiger partial charge in [-0.2, -0.15) is 0 Å². The van der Waals surface area contributed by atoms with Crippen LogP contribution in [0.1, 0.15) is 12.8 Å². The van der Waals surface area contributed by atoms with Crippen LogP contribution in [0.15, 0.2) is 47.4 Å². The Balaban J connectivity index is 1.99. The smallest absolute Gasteiger partial charge is 0.270 e. The Bertz CT molecular complexity index is 1100. The fraction of sp³-hybridized carbons (Fsp3) is 0.350. The van der Waals surface area contributed by atoms with Crippen LogP contribution in [-0.2, 0) is 19.6 Å². The SMILES string of the molecule is COc1ccccc1N(CC(=O)NCC1CCCO1)S(=O)(=O)c1cc([N+](=O)[O-])ccc1Cl. The normalized spacial score (nSPS) is 15.9. The first-order valence-electron chi connectivity index (χ1n) is 9.72. The number of hydrogen-bond acceptors (Lipinski definition) is 7. The average Bonchev–Trinajstić information content (AvgIpc) is 3.29. The number of ether oxygens (including phenoxy) is 2. The van der Waals surface area contributed by atoms with E-state index >= 15 is 0 Å². The molecule has 2 aromatic carbocycles. The maximum absolute atomic E-state index is 13.6. The van der Waals surface area contributed by atoms with Gasteiger partial charge in [-0.25, -0.2) is 8.42 Å². The number of halogens is 1. The number of nitro groups is 1. The van der Waals surface area contributed by atoms with Gasteiger partial charge in [0.2, 0.25) is 5.91 Å². The molecule has 1 atom stereocenters. The molecule has 10 nitrogen and oxygen atoms in total. The highest BCUT2D eigenvalue weighted by Gasteiger charge is 2.32. The summed E-state index contributed by atoms with van der Waals surface area (Å²) in [6, 6.07) is 9.33. The summed E-state index contributed by atoms with van der Waals surface area (Å²) in [6.07, 6.45) is 1.58. The maximum Gasteiger partial charge on any atom is 0.270 e. The number of hydrogen-bond donors (Lipinski definition) is 1. The topological polar surface area (TPSA) is 128 Å². The van der Waals surface area contributed by atoms with Crippen molar-refractivity contribution in [1.82, 2.24) is 5.32 Å². The van der Waals surface area contributed by atoms with E-state index in [2.05, 4.69) is 5.32 Å². The van der Waals surface area contributed by atoms with Gasteiger partial charge >= 0.3 is 0 Å². The monoisotopic (exact) mass is 483 g/mol. The zero-order chi connectivity index (χ0) is 23.3. The van der Waals surface area contributed by atoms with Crippen molar-refractivity contribution >= 4 is 38.9 Å². The lowest BCUT2D eigenvalue weighted by atomic mass is 10.2. The number of methoxy groups -OCH3 is 1. The summed E-state index contributed by atoms with van der Waals surface area (Å²) in [5, 5.41) is 13.6. The number of carbonyl (C=O) groups is 1. The molecule has 1 amide bonds. The molecular weight excluding hydrogens is 462 g/mol. The Hall–Kier alpha value is -2.89. The molecule has 0 spiro atoms. The summed E-state index contributed by atoms with van der Waals surface area (Å²) < 4.78 is 38.7. The van der Waals surface area contributed by atoms with E-state index in [4.69, 9.17) is 21.1 Å². The van der Waals surface area contributed by atoms with E-state index in [1.807, 2.05) is 0 Å². The number of carbonyl (C=O) groups excluding carboxylic acids is 1. The van der Waals surface area contributed by atoms with Gasteiger partial charge in [-0.05, 0) is 31.0 Å². The molecule has 1 aliphatic heterocycles. The highest BCUT2D eigenvalue weighted by Crippen LogP contribution is 2.35. The minimum atomic E-state index is -4.48. The molecule has 172 valence electrons. The van der Waals surface area contributed by atoms with Crippen molar-refractivity contribution in [2.45, 2.75) is 23.8 Å². The summed E-state index contributed by atoms with van der Waals surface area (Å²) >= 11 is 6.10. The third-order valence-corrected chi connectivity index (χ3v) is 7.13. The molecule has 1 aliphatic rings. The van der Waals surface area contributed by atoms with Gasteiger partial charge in [-0.3, -0.25) is 19.2 Å². The Kier molecular flexibility index (Phi) is 7.54. The van der Waals surface area contributed by atoms with Gasteiger partial charge in [0.25, 0.3) is 15.7 Å². The highest BCUT2D eigenvalue weighted by molar-refractivity contribution is 7.93. The summed E-state index contributed by atoms with van der Waals surface area (Å²) in [5.74, 6) is -0.374. The second-order valence-corrected chi connectivity index (χ2v) is 9.23. The number of benzene rings is 2. The van der Waals surface area contributed by atoms with Crippen LogP contribution in [0, 0.1) is 10.1 Å². The van der Waals surface area contributed by atoms with Gasteiger partial charge in [0.15, 0.2) is 0 Å². The summed E-state index contributed by atoms with van der Waals surface area (Å²) in [5.41, 5.74) is -0.361. The standard InChI is InChI=1S/C20H22ClN3O7S/c1-30-18-7-3-2-6-17(18)23(13-20(25)22-12-15-5-4-10-31-15)32(28,29)19-11-14(24(26)27)8-9-16(19)21/h2-3,6-9,11,15H,4-5,10,12-13H2,1H3,(H,22,25). The fourth-order valence-corrected chi connectivity index (χ4v) is 5.21. The fourth-order valence-electron chi connectivity index (χ4n) is 3.28. The second-order valence-electron chi connectivity index (χ2n) is 6.99. The van der Waals surface area contributed by atoms with Gasteiger partial charge in [-0.15, -0.1) is 0 Å². The second kappa shape index (κ2) is 10.2. The predicted molar refractivity (Wildman–Crippen MR) is 118 cm³/mol. The van der Waals surface area contributed by atoms with Crippen molar-refractivity contribution in [1.29, 1.82) is 0 Å². The van der Waals surface area contributed by atoms with Crippen LogP contribution in [-0.4, -0.2) is 52.2 Å². The van der Waals surface area contributed by atoms with Gasteiger partial charge in [-0.1, -0.05) is 23.7 Å². The van der Waals surface area contributed by atoms with Crippen LogP contribution >= 0.6 is 11.6 Å². The summed E-state index contributed by atoms with van der Waals surface area (Å²) in [4.78, 5) is 22.6. The zero-order valence-corrected chi connectivity index (χ0v) is 18.8. The van der Waals surface area contributed by atoms with E-state index in [1.54, 1.807) is 12.1 Å². The van der Waals surface area contributed by atoms with Crippen molar-refractivity contribution in [2.75, 3.05) is 31.1 Å². The molecule has 0 aromatic heterocycles. The number of anilines is 1. The molecule has 1 unspecified atom stereocenters. The molecule has 1 heterocycles. The maximum atomic E-state index is 13.6. The number of sulfonamides is 1. The highest BCUT2D eigenvalue weighted by atomic mass is 35.5. The number of rotatable bonds is 9. The van der Waals surface area contributed by atoms with E-state index in [1.165, 1.54) is 19.2 Å². The minimum Gasteiger partial charge on any atom is -0.495 e. The number of nitrogens with one attached hydrogen (secondary N) is 1. The van der Waals surface area contributed by atoms with E-state index in [0.717, 1.165) is 35.3 Å². The van der Waals surface area contributed by atoms with Crippen LogP contribution < -0.4 is 14.4 Å². The minimum absolute atomic E-state index is 0.0878. The van der Waals surface area contributed by atoms with E-state index in [9.17, 15) is 23.3 Å². The van der Waals surface area contributed by atoms with Gasteiger partial charge in [0, 0.05) is 25.3 Å². The molecular formula is C20H22ClN3O7S. The van der Waals surface area contributed by atoms with Crippen LogP contribution in [0.5, 0.6) is 5.75 Å². The molecule has 0 radical (unpaired) electrons. The number of non-ortho nitro benzene ring substituents is 1. The number of para-hydroxylation sites is 2. The van der Waals surface area contributed by atoms with Crippen LogP contribution in [0.3, 0.4) is 0 Å². The summed E-state index contributed by atoms with van der Waals surface area (Å²) in [6.45, 7) is 0.276. The molecule has 12 heteroatoms. The van der Waals surface area contributed by atoms with Crippen LogP contribution in [0.4, 0.5) is 11.4 Å². The average molecular weight is 484 g/mol. The van der Waals surface area contributed by atoms with E-state index < -0.39 is 38.0 Å². The third-order valence-electron chi connectivity index (χ3n) is 4.89. The lowest BCUT2D eigenvalue weighted by molar-refractivity contribution is -0.385. The molecule has 1 saturated heterocycles. The molecule has 1 fully saturated rings. The lowest BCUT2D eigenvalue weighted by Gasteiger charge is -2.26. The number of nitro benzene ring substituents is 1. The van der Waals surface area contributed by atoms with Crippen molar-refractivity contribution in [2.24, 2.45) is 0 Å². The molecule has 1 N–H and O–H groups in total. The molecule has 0 saturated carbocycles. The first kappa shape index (κ1) is 23.8. The molecule has 2 aromatic rings. The quantitative estimate of drug-likeness (QED) is 0.429. The first-order valence-corrected chi connectivity index (χ1v) is 11.5. The van der Waals surface area contributed by atoms with Crippen LogP contribution in [0.2, 0.25) is 5.02 Å². The van der Waals surface area contributed by atoms with Crippen molar-refractivity contribution < 1.29 is 27.6 Å². The van der Waals surface area contributed by atoms with Crippen LogP contribution in [0.25, 0.3) is 0 Å². The first-order chi connectivity index (χ1) is 15.2. The van der Waals surface area contributed by atoms with Gasteiger partial charge < -0.3 is 14.8 Å². The van der Waals surface area contributed by atoms with E-state index in [-0.39, 0.29) is 29.1 Å². The molecule has 0 aliphatic carbocycles. The Morgan fingerprint density at radius 2 is 2.09 bits per heavy atom. The van der Waals surface area contributed by atoms with Crippen molar-refractivity contribution in [3.63, 3.8) is 0 Å². The zero-order valence-electron chi connectivity index (χ0n) is 17.2. The van der Waals surface area contributed by atoms with Crippen molar-refractivity contribution in [3.05, 3.63) is 57.6 Å².